The minimum Gasteiger partial charge on any atom is -0.495 e. The third kappa shape index (κ3) is 4.64. The SMILES string of the molecule is CNS(=O)(=O)c1cc(-c2cc(C(=O)NCc3cccc(C)c3)[nH]n2)ccc1OC. The molecule has 1 amide bonds. The Balaban J connectivity index is 1.80. The Morgan fingerprint density at radius 1 is 1.17 bits per heavy atom. The summed E-state index contributed by atoms with van der Waals surface area (Å²) >= 11 is 0. The van der Waals surface area contributed by atoms with Crippen molar-refractivity contribution >= 4 is 15.9 Å². The van der Waals surface area contributed by atoms with E-state index < -0.39 is 10.0 Å². The molecule has 1 heterocycles. The predicted molar refractivity (Wildman–Crippen MR) is 109 cm³/mol. The van der Waals surface area contributed by atoms with Gasteiger partial charge in [-0.2, -0.15) is 5.10 Å². The average Bonchev–Trinajstić information content (AvgIpc) is 3.22. The number of aromatic nitrogens is 2. The summed E-state index contributed by atoms with van der Waals surface area (Å²) in [7, 11) is -0.992. The van der Waals surface area contributed by atoms with E-state index >= 15 is 0 Å². The topological polar surface area (TPSA) is 113 Å². The van der Waals surface area contributed by atoms with Crippen molar-refractivity contribution in [3.63, 3.8) is 0 Å². The van der Waals surface area contributed by atoms with Crippen LogP contribution >= 0.6 is 0 Å². The van der Waals surface area contributed by atoms with E-state index in [1.807, 2.05) is 31.2 Å². The van der Waals surface area contributed by atoms with E-state index in [1.54, 1.807) is 18.2 Å². The highest BCUT2D eigenvalue weighted by Crippen LogP contribution is 2.29. The van der Waals surface area contributed by atoms with Crippen molar-refractivity contribution in [1.29, 1.82) is 0 Å². The lowest BCUT2D eigenvalue weighted by atomic mass is 10.1. The van der Waals surface area contributed by atoms with Crippen LogP contribution in [0.3, 0.4) is 0 Å². The van der Waals surface area contributed by atoms with Gasteiger partial charge in [0.05, 0.1) is 12.8 Å². The van der Waals surface area contributed by atoms with Gasteiger partial charge in [0.25, 0.3) is 5.91 Å². The molecule has 0 radical (unpaired) electrons. The Bertz CT molecular complexity index is 1140. The van der Waals surface area contributed by atoms with Gasteiger partial charge in [0.1, 0.15) is 16.3 Å². The third-order valence-electron chi connectivity index (χ3n) is 4.38. The highest BCUT2D eigenvalue weighted by Gasteiger charge is 2.20. The van der Waals surface area contributed by atoms with Crippen LogP contribution in [0.1, 0.15) is 21.6 Å². The van der Waals surface area contributed by atoms with Gasteiger partial charge in [-0.05, 0) is 43.8 Å². The number of nitrogens with one attached hydrogen (secondary N) is 3. The van der Waals surface area contributed by atoms with Crippen LogP contribution in [-0.4, -0.2) is 38.7 Å². The van der Waals surface area contributed by atoms with Gasteiger partial charge in [-0.3, -0.25) is 9.89 Å². The number of hydrogen-bond donors (Lipinski definition) is 3. The van der Waals surface area contributed by atoms with E-state index in [1.165, 1.54) is 20.2 Å². The average molecular weight is 414 g/mol. The molecular formula is C20H22N4O4S. The predicted octanol–water partition coefficient (Wildman–Crippen LogP) is 2.23. The molecule has 3 aromatic rings. The Morgan fingerprint density at radius 2 is 1.97 bits per heavy atom. The smallest absolute Gasteiger partial charge is 0.269 e. The number of rotatable bonds is 7. The summed E-state index contributed by atoms with van der Waals surface area (Å²) in [5, 5.41) is 9.67. The number of methoxy groups -OCH3 is 1. The van der Waals surface area contributed by atoms with E-state index in [0.717, 1.165) is 11.1 Å². The standard InChI is InChI=1S/C20H22N4O4S/c1-13-5-4-6-14(9-13)12-22-20(25)17-11-16(23-24-17)15-7-8-18(28-3)19(10-15)29(26,27)21-2/h4-11,21H,12H2,1-3H3,(H,22,25)(H,23,24). The maximum atomic E-state index is 12.4. The van der Waals surface area contributed by atoms with Gasteiger partial charge in [-0.15, -0.1) is 0 Å². The number of aromatic amines is 1. The first-order valence-corrected chi connectivity index (χ1v) is 10.3. The Morgan fingerprint density at radius 3 is 2.66 bits per heavy atom. The Hall–Kier alpha value is -3.17. The van der Waals surface area contributed by atoms with Gasteiger partial charge in [0.2, 0.25) is 10.0 Å². The number of H-pyrrole nitrogens is 1. The quantitative estimate of drug-likeness (QED) is 0.549. The molecule has 1 aromatic heterocycles. The van der Waals surface area contributed by atoms with E-state index in [-0.39, 0.29) is 22.2 Å². The van der Waals surface area contributed by atoms with E-state index in [4.69, 9.17) is 4.74 Å². The van der Waals surface area contributed by atoms with Crippen molar-refractivity contribution in [1.82, 2.24) is 20.2 Å². The Kier molecular flexibility index (Phi) is 6.00. The van der Waals surface area contributed by atoms with Crippen LogP contribution in [0.2, 0.25) is 0 Å². The summed E-state index contributed by atoms with van der Waals surface area (Å²) in [4.78, 5) is 12.4. The summed E-state index contributed by atoms with van der Waals surface area (Å²) < 4.78 is 31.9. The first-order valence-electron chi connectivity index (χ1n) is 8.85. The van der Waals surface area contributed by atoms with Crippen LogP contribution in [0.15, 0.2) is 53.4 Å². The van der Waals surface area contributed by atoms with Gasteiger partial charge in [-0.1, -0.05) is 29.8 Å². The summed E-state index contributed by atoms with van der Waals surface area (Å²) in [5.41, 5.74) is 3.37. The number of amides is 1. The highest BCUT2D eigenvalue weighted by molar-refractivity contribution is 7.89. The molecule has 0 fully saturated rings. The molecule has 0 saturated carbocycles. The number of hydrogen-bond acceptors (Lipinski definition) is 5. The Labute approximate surface area is 169 Å². The summed E-state index contributed by atoms with van der Waals surface area (Å²) in [6.07, 6.45) is 0. The van der Waals surface area contributed by atoms with Gasteiger partial charge in [0, 0.05) is 12.1 Å². The number of carbonyl (C=O) groups excluding carboxylic acids is 1. The van der Waals surface area contributed by atoms with E-state index in [9.17, 15) is 13.2 Å². The third-order valence-corrected chi connectivity index (χ3v) is 5.81. The largest absolute Gasteiger partial charge is 0.495 e. The van der Waals surface area contributed by atoms with Crippen molar-refractivity contribution < 1.29 is 17.9 Å². The van der Waals surface area contributed by atoms with Crippen LogP contribution in [-0.2, 0) is 16.6 Å². The minimum absolute atomic E-state index is 0.00607. The molecule has 8 nitrogen and oxygen atoms in total. The molecule has 0 atom stereocenters. The number of aryl methyl sites for hydroxylation is 1. The lowest BCUT2D eigenvalue weighted by Crippen LogP contribution is -2.23. The van der Waals surface area contributed by atoms with Gasteiger partial charge < -0.3 is 10.1 Å². The van der Waals surface area contributed by atoms with Gasteiger partial charge >= 0.3 is 0 Å². The molecule has 2 aromatic carbocycles. The van der Waals surface area contributed by atoms with Crippen LogP contribution in [0.4, 0.5) is 0 Å². The zero-order chi connectivity index (χ0) is 21.0. The number of carbonyl (C=O) groups is 1. The van der Waals surface area contributed by atoms with Crippen molar-refractivity contribution in [2.75, 3.05) is 14.2 Å². The van der Waals surface area contributed by atoms with E-state index in [0.29, 0.717) is 17.8 Å². The van der Waals surface area contributed by atoms with Crippen molar-refractivity contribution in [2.24, 2.45) is 0 Å². The molecule has 0 aliphatic rings. The molecule has 0 saturated heterocycles. The zero-order valence-electron chi connectivity index (χ0n) is 16.3. The molecule has 9 heteroatoms. The molecule has 29 heavy (non-hydrogen) atoms. The van der Waals surface area contributed by atoms with Crippen molar-refractivity contribution in [2.45, 2.75) is 18.4 Å². The number of sulfonamides is 1. The molecular weight excluding hydrogens is 392 g/mol. The van der Waals surface area contributed by atoms with Crippen LogP contribution < -0.4 is 14.8 Å². The number of ether oxygens (including phenoxy) is 1. The van der Waals surface area contributed by atoms with Crippen molar-refractivity contribution in [3.8, 4) is 17.0 Å². The fourth-order valence-corrected chi connectivity index (χ4v) is 3.76. The lowest BCUT2D eigenvalue weighted by Gasteiger charge is -2.09. The first kappa shape index (κ1) is 20.6. The van der Waals surface area contributed by atoms with Gasteiger partial charge in [-0.25, -0.2) is 13.1 Å². The molecule has 0 spiro atoms. The second-order valence-corrected chi connectivity index (χ2v) is 8.27. The maximum absolute atomic E-state index is 12.4. The van der Waals surface area contributed by atoms with Crippen LogP contribution in [0, 0.1) is 6.92 Å². The van der Waals surface area contributed by atoms with Crippen molar-refractivity contribution in [3.05, 3.63) is 65.4 Å². The molecule has 0 unspecified atom stereocenters. The lowest BCUT2D eigenvalue weighted by molar-refractivity contribution is 0.0946. The van der Waals surface area contributed by atoms with Crippen LogP contribution in [0.5, 0.6) is 5.75 Å². The number of nitrogens with zero attached hydrogens (tertiary/aromatic N) is 1. The molecule has 0 bridgehead atoms. The molecule has 152 valence electrons. The van der Waals surface area contributed by atoms with E-state index in [2.05, 4.69) is 20.2 Å². The highest BCUT2D eigenvalue weighted by atomic mass is 32.2. The zero-order valence-corrected chi connectivity index (χ0v) is 17.1. The minimum atomic E-state index is -3.72. The fourth-order valence-electron chi connectivity index (χ4n) is 2.84. The molecule has 3 rings (SSSR count). The normalized spacial score (nSPS) is 11.3. The monoisotopic (exact) mass is 414 g/mol. The summed E-state index contributed by atoms with van der Waals surface area (Å²) in [5.74, 6) is -0.0865. The molecule has 0 aliphatic heterocycles. The summed E-state index contributed by atoms with van der Waals surface area (Å²) in [6.45, 7) is 2.38. The second-order valence-electron chi connectivity index (χ2n) is 6.41. The summed E-state index contributed by atoms with van der Waals surface area (Å²) in [6, 6.07) is 14.1. The number of benzene rings is 2. The molecule has 3 N–H and O–H groups in total. The first-order chi connectivity index (χ1) is 13.8. The second kappa shape index (κ2) is 8.46. The molecule has 0 aliphatic carbocycles. The van der Waals surface area contributed by atoms with Gasteiger partial charge in [0.15, 0.2) is 0 Å². The van der Waals surface area contributed by atoms with Crippen LogP contribution in [0.25, 0.3) is 11.3 Å². The maximum Gasteiger partial charge on any atom is 0.269 e. The fraction of sp³-hybridized carbons (Fsp3) is 0.200.